The van der Waals surface area contributed by atoms with E-state index in [4.69, 9.17) is 20.0 Å². The summed E-state index contributed by atoms with van der Waals surface area (Å²) in [5.41, 5.74) is 7.74. The first kappa shape index (κ1) is 17.8. The molecule has 1 aromatic rings. The van der Waals surface area contributed by atoms with E-state index < -0.39 is 12.1 Å². The number of benzene rings is 1. The Morgan fingerprint density at radius 2 is 2.00 bits per heavy atom. The van der Waals surface area contributed by atoms with E-state index >= 15 is 0 Å². The fourth-order valence-corrected chi connectivity index (χ4v) is 1.80. The van der Waals surface area contributed by atoms with Crippen molar-refractivity contribution in [3.63, 3.8) is 0 Å². The number of anilines is 1. The Morgan fingerprint density at radius 3 is 2.55 bits per heavy atom. The third-order valence-electron chi connectivity index (χ3n) is 3.01. The highest BCUT2D eigenvalue weighted by Gasteiger charge is 2.25. The third kappa shape index (κ3) is 4.95. The number of oxime groups is 1. The standard InChI is InChI=1S/C16H24N2O4/c1-6-21-16(19)15(10(2)3)22-18-11(4)12-7-13(17)9-14(8-12)20-5/h7-10,15H,6,17H2,1-5H3/b18-11+. The predicted molar refractivity (Wildman–Crippen MR) is 86.0 cm³/mol. The van der Waals surface area contributed by atoms with Gasteiger partial charge in [-0.05, 0) is 26.0 Å². The Morgan fingerprint density at radius 1 is 1.32 bits per heavy atom. The van der Waals surface area contributed by atoms with Gasteiger partial charge in [-0.25, -0.2) is 4.79 Å². The number of esters is 1. The van der Waals surface area contributed by atoms with Crippen LogP contribution in [0, 0.1) is 5.92 Å². The number of rotatable bonds is 7. The molecule has 0 saturated carbocycles. The summed E-state index contributed by atoms with van der Waals surface area (Å²) in [6, 6.07) is 5.28. The minimum absolute atomic E-state index is 0.0500. The van der Waals surface area contributed by atoms with E-state index in [0.717, 1.165) is 5.56 Å². The van der Waals surface area contributed by atoms with Gasteiger partial charge in [0.1, 0.15) is 5.75 Å². The number of methoxy groups -OCH3 is 1. The lowest BCUT2D eigenvalue weighted by molar-refractivity contribution is -0.159. The van der Waals surface area contributed by atoms with Gasteiger partial charge in [0.15, 0.2) is 0 Å². The monoisotopic (exact) mass is 308 g/mol. The first-order chi connectivity index (χ1) is 10.4. The zero-order chi connectivity index (χ0) is 16.7. The second-order valence-electron chi connectivity index (χ2n) is 5.19. The Bertz CT molecular complexity index is 541. The van der Waals surface area contributed by atoms with E-state index in [0.29, 0.717) is 23.8 Å². The minimum Gasteiger partial charge on any atom is -0.497 e. The van der Waals surface area contributed by atoms with Crippen molar-refractivity contribution in [1.82, 2.24) is 0 Å². The molecule has 0 bridgehead atoms. The maximum absolute atomic E-state index is 11.8. The largest absolute Gasteiger partial charge is 0.497 e. The minimum atomic E-state index is -0.738. The molecule has 0 spiro atoms. The summed E-state index contributed by atoms with van der Waals surface area (Å²) in [6.07, 6.45) is -0.738. The Kier molecular flexibility index (Phi) is 6.69. The zero-order valence-corrected chi connectivity index (χ0v) is 13.8. The van der Waals surface area contributed by atoms with Crippen molar-refractivity contribution in [2.24, 2.45) is 11.1 Å². The summed E-state index contributed by atoms with van der Waals surface area (Å²) >= 11 is 0. The third-order valence-corrected chi connectivity index (χ3v) is 3.01. The van der Waals surface area contributed by atoms with Crippen LogP contribution in [0.3, 0.4) is 0 Å². The molecule has 6 nitrogen and oxygen atoms in total. The van der Waals surface area contributed by atoms with E-state index in [2.05, 4.69) is 5.16 Å². The van der Waals surface area contributed by atoms with Crippen LogP contribution in [0.4, 0.5) is 5.69 Å². The number of nitrogens with zero attached hydrogens (tertiary/aromatic N) is 1. The van der Waals surface area contributed by atoms with Crippen LogP contribution < -0.4 is 10.5 Å². The van der Waals surface area contributed by atoms with Crippen molar-refractivity contribution in [2.45, 2.75) is 33.8 Å². The zero-order valence-electron chi connectivity index (χ0n) is 13.8. The summed E-state index contributed by atoms with van der Waals surface area (Å²) in [4.78, 5) is 17.2. The average molecular weight is 308 g/mol. The smallest absolute Gasteiger partial charge is 0.350 e. The van der Waals surface area contributed by atoms with Crippen molar-refractivity contribution in [1.29, 1.82) is 0 Å². The summed E-state index contributed by atoms with van der Waals surface area (Å²) < 4.78 is 10.2. The fraction of sp³-hybridized carbons (Fsp3) is 0.500. The van der Waals surface area contributed by atoms with Gasteiger partial charge in [-0.1, -0.05) is 19.0 Å². The predicted octanol–water partition coefficient (Wildman–Crippen LogP) is 2.61. The normalized spacial score (nSPS) is 12.9. The molecule has 0 heterocycles. The molecule has 1 rings (SSSR count). The maximum Gasteiger partial charge on any atom is 0.350 e. The number of nitrogens with two attached hydrogens (primary N) is 1. The van der Waals surface area contributed by atoms with Crippen LogP contribution in [0.2, 0.25) is 0 Å². The molecule has 1 atom stereocenters. The maximum atomic E-state index is 11.8. The molecule has 0 aliphatic rings. The van der Waals surface area contributed by atoms with Gasteiger partial charge in [0.05, 0.1) is 19.4 Å². The number of ether oxygens (including phenoxy) is 2. The highest BCUT2D eigenvalue weighted by Crippen LogP contribution is 2.19. The Balaban J connectivity index is 2.91. The van der Waals surface area contributed by atoms with Gasteiger partial charge in [0.25, 0.3) is 0 Å². The summed E-state index contributed by atoms with van der Waals surface area (Å²) in [5, 5.41) is 4.04. The van der Waals surface area contributed by atoms with Gasteiger partial charge in [-0.3, -0.25) is 0 Å². The van der Waals surface area contributed by atoms with Gasteiger partial charge in [0.2, 0.25) is 6.10 Å². The molecule has 0 fully saturated rings. The first-order valence-electron chi connectivity index (χ1n) is 7.21. The van der Waals surface area contributed by atoms with Crippen LogP contribution in [0.5, 0.6) is 5.75 Å². The lowest BCUT2D eigenvalue weighted by Gasteiger charge is -2.17. The number of nitrogen functional groups attached to an aromatic ring is 1. The second kappa shape index (κ2) is 8.26. The number of hydrogen-bond acceptors (Lipinski definition) is 6. The SMILES string of the molecule is CCOC(=O)C(O/N=C(\C)c1cc(N)cc(OC)c1)C(C)C. The summed E-state index contributed by atoms with van der Waals surface area (Å²) in [6.45, 7) is 7.58. The topological polar surface area (TPSA) is 83.1 Å². The van der Waals surface area contributed by atoms with Crippen LogP contribution in [0.15, 0.2) is 23.4 Å². The fourth-order valence-electron chi connectivity index (χ4n) is 1.80. The number of carbonyl (C=O) groups excluding carboxylic acids is 1. The molecule has 0 aliphatic heterocycles. The first-order valence-corrected chi connectivity index (χ1v) is 7.21. The van der Waals surface area contributed by atoms with Crippen molar-refractivity contribution < 1.29 is 19.1 Å². The molecule has 122 valence electrons. The van der Waals surface area contributed by atoms with E-state index in [1.54, 1.807) is 39.2 Å². The van der Waals surface area contributed by atoms with E-state index in [1.165, 1.54) is 0 Å². The molecule has 2 N–H and O–H groups in total. The molecule has 0 aliphatic carbocycles. The molecule has 0 radical (unpaired) electrons. The lowest BCUT2D eigenvalue weighted by Crippen LogP contribution is -2.30. The number of carbonyl (C=O) groups is 1. The number of hydrogen-bond donors (Lipinski definition) is 1. The Hall–Kier alpha value is -2.24. The van der Waals surface area contributed by atoms with Crippen LogP contribution in [-0.4, -0.2) is 31.5 Å². The molecule has 0 saturated heterocycles. The lowest BCUT2D eigenvalue weighted by atomic mass is 10.1. The van der Waals surface area contributed by atoms with E-state index in [-0.39, 0.29) is 5.92 Å². The Labute approximate surface area is 131 Å². The van der Waals surface area contributed by atoms with Crippen molar-refractivity contribution in [3.05, 3.63) is 23.8 Å². The average Bonchev–Trinajstić information content (AvgIpc) is 2.46. The molecule has 22 heavy (non-hydrogen) atoms. The summed E-state index contributed by atoms with van der Waals surface area (Å²) in [7, 11) is 1.57. The molecule has 6 heteroatoms. The van der Waals surface area contributed by atoms with Gasteiger partial charge in [-0.15, -0.1) is 0 Å². The quantitative estimate of drug-likeness (QED) is 0.362. The van der Waals surface area contributed by atoms with Crippen molar-refractivity contribution in [2.75, 3.05) is 19.5 Å². The van der Waals surface area contributed by atoms with Crippen LogP contribution >= 0.6 is 0 Å². The van der Waals surface area contributed by atoms with E-state index in [9.17, 15) is 4.79 Å². The molecule has 0 amide bonds. The van der Waals surface area contributed by atoms with Gasteiger partial charge >= 0.3 is 5.97 Å². The molecular weight excluding hydrogens is 284 g/mol. The van der Waals surface area contributed by atoms with Crippen LogP contribution in [0.1, 0.15) is 33.3 Å². The second-order valence-corrected chi connectivity index (χ2v) is 5.19. The molecular formula is C16H24N2O4. The van der Waals surface area contributed by atoms with Gasteiger partial charge < -0.3 is 20.0 Å². The van der Waals surface area contributed by atoms with Gasteiger partial charge in [0, 0.05) is 23.2 Å². The molecule has 1 unspecified atom stereocenters. The van der Waals surface area contributed by atoms with Crippen LogP contribution in [-0.2, 0) is 14.4 Å². The highest BCUT2D eigenvalue weighted by atomic mass is 16.7. The van der Waals surface area contributed by atoms with Crippen molar-refractivity contribution >= 4 is 17.4 Å². The molecule has 0 aromatic heterocycles. The molecule has 1 aromatic carbocycles. The van der Waals surface area contributed by atoms with Crippen molar-refractivity contribution in [3.8, 4) is 5.75 Å². The van der Waals surface area contributed by atoms with Gasteiger partial charge in [-0.2, -0.15) is 0 Å². The summed E-state index contributed by atoms with van der Waals surface area (Å²) in [5.74, 6) is 0.167. The van der Waals surface area contributed by atoms with E-state index in [1.807, 2.05) is 13.8 Å². The highest BCUT2D eigenvalue weighted by molar-refractivity contribution is 5.99. The van der Waals surface area contributed by atoms with Crippen LogP contribution in [0.25, 0.3) is 0 Å².